The first kappa shape index (κ1) is 16.0. The van der Waals surface area contributed by atoms with Crippen LogP contribution in [0.4, 0.5) is 0 Å². The van der Waals surface area contributed by atoms with E-state index in [1.165, 1.54) is 24.3 Å². The second-order valence-corrected chi connectivity index (χ2v) is 8.05. The summed E-state index contributed by atoms with van der Waals surface area (Å²) in [5.74, 6) is -1.20. The van der Waals surface area contributed by atoms with Crippen LogP contribution in [0, 0.1) is 0 Å². The quantitative estimate of drug-likeness (QED) is 0.779. The van der Waals surface area contributed by atoms with E-state index < -0.39 is 27.9 Å². The number of hydrogen-bond donors (Lipinski definition) is 0. The van der Waals surface area contributed by atoms with Crippen molar-refractivity contribution in [1.82, 2.24) is 0 Å². The zero-order valence-corrected chi connectivity index (χ0v) is 13.4. The van der Waals surface area contributed by atoms with Crippen molar-refractivity contribution in [2.75, 3.05) is 6.61 Å². The fraction of sp³-hybridized carbons (Fsp3) is 0.500. The molecule has 1 aromatic rings. The van der Waals surface area contributed by atoms with Gasteiger partial charge >= 0.3 is 11.9 Å². The van der Waals surface area contributed by atoms with E-state index in [9.17, 15) is 18.0 Å². The smallest absolute Gasteiger partial charge is 0.347 e. The molecule has 0 amide bonds. The van der Waals surface area contributed by atoms with E-state index in [0.717, 1.165) is 12.8 Å². The number of carbonyl (C=O) groups is 2. The summed E-state index contributed by atoms with van der Waals surface area (Å²) in [4.78, 5) is 23.5. The van der Waals surface area contributed by atoms with Crippen molar-refractivity contribution in [2.24, 2.45) is 0 Å². The summed E-state index contributed by atoms with van der Waals surface area (Å²) >= 11 is 0. The molecule has 7 heteroatoms. The fourth-order valence-corrected chi connectivity index (χ4v) is 4.81. The van der Waals surface area contributed by atoms with Gasteiger partial charge < -0.3 is 9.47 Å². The van der Waals surface area contributed by atoms with Gasteiger partial charge in [-0.3, -0.25) is 0 Å². The van der Waals surface area contributed by atoms with E-state index in [-0.39, 0.29) is 22.3 Å². The molecule has 1 heterocycles. The molecule has 6 nitrogen and oxygen atoms in total. The van der Waals surface area contributed by atoms with Crippen LogP contribution in [0.5, 0.6) is 0 Å². The number of hydrogen-bond acceptors (Lipinski definition) is 6. The normalized spacial score (nSPS) is 22.1. The Bertz CT molecular complexity index is 701. The van der Waals surface area contributed by atoms with Crippen LogP contribution in [0.1, 0.15) is 42.5 Å². The van der Waals surface area contributed by atoms with Crippen molar-refractivity contribution < 1.29 is 27.5 Å². The molecular formula is C16H18O6S. The summed E-state index contributed by atoms with van der Waals surface area (Å²) in [6.45, 7) is 0.245. The minimum Gasteiger partial charge on any atom is -0.463 e. The van der Waals surface area contributed by atoms with E-state index in [2.05, 4.69) is 0 Å². The second kappa shape index (κ2) is 6.31. The van der Waals surface area contributed by atoms with Gasteiger partial charge in [0.05, 0.1) is 22.3 Å². The van der Waals surface area contributed by atoms with Crippen LogP contribution < -0.4 is 0 Å². The van der Waals surface area contributed by atoms with Crippen LogP contribution in [0.15, 0.2) is 29.2 Å². The van der Waals surface area contributed by atoms with Crippen LogP contribution in [0.3, 0.4) is 0 Å². The Hall–Kier alpha value is -1.89. The van der Waals surface area contributed by atoms with Gasteiger partial charge in [0, 0.05) is 6.42 Å². The van der Waals surface area contributed by atoms with Gasteiger partial charge in [-0.2, -0.15) is 0 Å². The summed E-state index contributed by atoms with van der Waals surface area (Å²) in [7, 11) is -3.34. The summed E-state index contributed by atoms with van der Waals surface area (Å²) in [6, 6.07) is 5.70. The molecule has 3 rings (SSSR count). The SMILES string of the molecule is O=C(OC1CCOC1=O)c1ccc(S(=O)(=O)C2CCCC2)cc1. The molecule has 1 unspecified atom stereocenters. The molecule has 0 aromatic heterocycles. The lowest BCUT2D eigenvalue weighted by molar-refractivity contribution is -0.145. The summed E-state index contributed by atoms with van der Waals surface area (Å²) in [6.07, 6.45) is 2.73. The number of sulfone groups is 1. The molecule has 1 aliphatic carbocycles. The first-order valence-corrected chi connectivity index (χ1v) is 9.25. The summed E-state index contributed by atoms with van der Waals surface area (Å²) < 4.78 is 34.7. The standard InChI is InChI=1S/C16H18O6S/c17-15(22-14-9-10-21-16(14)18)11-5-7-13(8-6-11)23(19,20)12-3-1-2-4-12/h5-8,12,14H,1-4,9-10H2. The van der Waals surface area contributed by atoms with Crippen molar-refractivity contribution in [3.8, 4) is 0 Å². The molecule has 0 radical (unpaired) electrons. The highest BCUT2D eigenvalue weighted by Crippen LogP contribution is 2.29. The first-order valence-electron chi connectivity index (χ1n) is 7.70. The number of esters is 2. The highest BCUT2D eigenvalue weighted by atomic mass is 32.2. The molecule has 1 aliphatic heterocycles. The number of rotatable bonds is 4. The maximum atomic E-state index is 12.5. The molecular weight excluding hydrogens is 320 g/mol. The van der Waals surface area contributed by atoms with Gasteiger partial charge in [-0.1, -0.05) is 12.8 Å². The average Bonchev–Trinajstić information content (AvgIpc) is 3.20. The minimum absolute atomic E-state index is 0.218. The molecule has 2 aliphatic rings. The Morgan fingerprint density at radius 2 is 1.74 bits per heavy atom. The van der Waals surface area contributed by atoms with E-state index in [4.69, 9.17) is 9.47 Å². The Balaban J connectivity index is 1.71. The monoisotopic (exact) mass is 338 g/mol. The number of ether oxygens (including phenoxy) is 2. The Kier molecular flexibility index (Phi) is 4.39. The third-order valence-corrected chi connectivity index (χ3v) is 6.57. The van der Waals surface area contributed by atoms with E-state index in [1.807, 2.05) is 0 Å². The predicted molar refractivity (Wildman–Crippen MR) is 80.7 cm³/mol. The van der Waals surface area contributed by atoms with Crippen molar-refractivity contribution in [1.29, 1.82) is 0 Å². The van der Waals surface area contributed by atoms with Gasteiger partial charge in [0.25, 0.3) is 0 Å². The Morgan fingerprint density at radius 3 is 2.30 bits per heavy atom. The lowest BCUT2D eigenvalue weighted by atomic mass is 10.2. The van der Waals surface area contributed by atoms with Gasteiger partial charge in [0.1, 0.15) is 0 Å². The van der Waals surface area contributed by atoms with Gasteiger partial charge in [-0.25, -0.2) is 18.0 Å². The Labute approximate surface area is 134 Å². The van der Waals surface area contributed by atoms with Gasteiger partial charge in [-0.15, -0.1) is 0 Å². The maximum Gasteiger partial charge on any atom is 0.347 e. The molecule has 0 spiro atoms. The first-order chi connectivity index (χ1) is 11.0. The highest BCUT2D eigenvalue weighted by molar-refractivity contribution is 7.92. The van der Waals surface area contributed by atoms with Crippen LogP contribution in [-0.2, 0) is 24.1 Å². The molecule has 1 atom stereocenters. The van der Waals surface area contributed by atoms with Gasteiger partial charge in [-0.05, 0) is 37.1 Å². The van der Waals surface area contributed by atoms with Crippen molar-refractivity contribution in [3.63, 3.8) is 0 Å². The lowest BCUT2D eigenvalue weighted by Crippen LogP contribution is -2.22. The molecule has 0 bridgehead atoms. The number of cyclic esters (lactones) is 1. The largest absolute Gasteiger partial charge is 0.463 e. The zero-order chi connectivity index (χ0) is 16.4. The van der Waals surface area contributed by atoms with Crippen molar-refractivity contribution in [3.05, 3.63) is 29.8 Å². The molecule has 124 valence electrons. The van der Waals surface area contributed by atoms with Crippen LogP contribution in [0.25, 0.3) is 0 Å². The van der Waals surface area contributed by atoms with E-state index in [1.54, 1.807) is 0 Å². The van der Waals surface area contributed by atoms with E-state index >= 15 is 0 Å². The van der Waals surface area contributed by atoms with Crippen LogP contribution >= 0.6 is 0 Å². The molecule has 1 saturated heterocycles. The van der Waals surface area contributed by atoms with Crippen molar-refractivity contribution in [2.45, 2.75) is 48.4 Å². The van der Waals surface area contributed by atoms with Crippen LogP contribution in [0.2, 0.25) is 0 Å². The molecule has 0 N–H and O–H groups in total. The highest BCUT2D eigenvalue weighted by Gasteiger charge is 2.32. The summed E-state index contributed by atoms with van der Waals surface area (Å²) in [5, 5.41) is -0.325. The maximum absolute atomic E-state index is 12.5. The third-order valence-electron chi connectivity index (χ3n) is 4.30. The topological polar surface area (TPSA) is 86.7 Å². The molecule has 2 fully saturated rings. The number of carbonyl (C=O) groups excluding carboxylic acids is 2. The van der Waals surface area contributed by atoms with Crippen LogP contribution in [-0.4, -0.2) is 38.3 Å². The zero-order valence-electron chi connectivity index (χ0n) is 12.6. The second-order valence-electron chi connectivity index (χ2n) is 5.83. The lowest BCUT2D eigenvalue weighted by Gasteiger charge is -2.12. The third kappa shape index (κ3) is 3.24. The number of benzene rings is 1. The predicted octanol–water partition coefficient (Wildman–Crippen LogP) is 1.88. The summed E-state index contributed by atoms with van der Waals surface area (Å²) in [5.41, 5.74) is 0.218. The molecule has 1 saturated carbocycles. The Morgan fingerprint density at radius 1 is 1.09 bits per heavy atom. The van der Waals surface area contributed by atoms with Gasteiger partial charge in [0.15, 0.2) is 9.84 Å². The minimum atomic E-state index is -3.34. The fourth-order valence-electron chi connectivity index (χ4n) is 2.95. The van der Waals surface area contributed by atoms with E-state index in [0.29, 0.717) is 19.3 Å². The van der Waals surface area contributed by atoms with Crippen molar-refractivity contribution >= 4 is 21.8 Å². The molecule has 1 aromatic carbocycles. The average molecular weight is 338 g/mol. The van der Waals surface area contributed by atoms with Gasteiger partial charge in [0.2, 0.25) is 6.10 Å². The molecule has 23 heavy (non-hydrogen) atoms.